The Hall–Kier alpha value is -0.370. The van der Waals surface area contributed by atoms with Gasteiger partial charge in [-0.1, -0.05) is 20.8 Å². The quantitative estimate of drug-likeness (QED) is 0.612. The van der Waals surface area contributed by atoms with Crippen LogP contribution in [-0.4, -0.2) is 12.3 Å². The van der Waals surface area contributed by atoms with E-state index in [9.17, 15) is 4.79 Å². The molecule has 0 aliphatic carbocycles. The second-order valence-corrected chi connectivity index (χ2v) is 2.69. The Balaban J connectivity index is 3.73. The SMILES string of the molecule is CC(C)C(=O)[C@@H](C)CN. The van der Waals surface area contributed by atoms with Crippen LogP contribution in [0.1, 0.15) is 20.8 Å². The molecule has 0 spiro atoms. The van der Waals surface area contributed by atoms with E-state index in [1.54, 1.807) is 0 Å². The molecule has 9 heavy (non-hydrogen) atoms. The Morgan fingerprint density at radius 1 is 1.44 bits per heavy atom. The molecule has 54 valence electrons. The first-order valence-corrected chi connectivity index (χ1v) is 3.33. The Bertz CT molecular complexity index is 99.1. The van der Waals surface area contributed by atoms with Gasteiger partial charge in [0.25, 0.3) is 0 Å². The standard InChI is InChI=1S/C7H15NO/c1-5(2)7(9)6(3)4-8/h5-6H,4,8H2,1-3H3/t6-/m0/s1. The average Bonchev–Trinajstić information content (AvgIpc) is 1.84. The maximum atomic E-state index is 11.0. The molecule has 1 atom stereocenters. The predicted molar refractivity (Wildman–Crippen MR) is 38.1 cm³/mol. The van der Waals surface area contributed by atoms with Crippen molar-refractivity contribution < 1.29 is 4.79 Å². The molecule has 0 heterocycles. The maximum Gasteiger partial charge on any atom is 0.139 e. The van der Waals surface area contributed by atoms with Crippen LogP contribution in [0.25, 0.3) is 0 Å². The summed E-state index contributed by atoms with van der Waals surface area (Å²) in [7, 11) is 0. The lowest BCUT2D eigenvalue weighted by Gasteiger charge is -2.08. The van der Waals surface area contributed by atoms with E-state index < -0.39 is 0 Å². The van der Waals surface area contributed by atoms with Gasteiger partial charge >= 0.3 is 0 Å². The fourth-order valence-electron chi connectivity index (χ4n) is 0.685. The fraction of sp³-hybridized carbons (Fsp3) is 0.857. The van der Waals surface area contributed by atoms with E-state index in [1.165, 1.54) is 0 Å². The molecule has 0 fully saturated rings. The topological polar surface area (TPSA) is 43.1 Å². The molecule has 0 rings (SSSR count). The predicted octanol–water partition coefficient (Wildman–Crippen LogP) is 0.806. The maximum absolute atomic E-state index is 11.0. The fourth-order valence-corrected chi connectivity index (χ4v) is 0.685. The van der Waals surface area contributed by atoms with Crippen LogP contribution in [0, 0.1) is 11.8 Å². The third kappa shape index (κ3) is 2.61. The van der Waals surface area contributed by atoms with Crippen molar-refractivity contribution in [1.29, 1.82) is 0 Å². The van der Waals surface area contributed by atoms with Gasteiger partial charge in [0.2, 0.25) is 0 Å². The number of nitrogens with two attached hydrogens (primary N) is 1. The van der Waals surface area contributed by atoms with Crippen molar-refractivity contribution in [3.8, 4) is 0 Å². The van der Waals surface area contributed by atoms with Gasteiger partial charge in [0, 0.05) is 18.4 Å². The summed E-state index contributed by atoms with van der Waals surface area (Å²) in [5.41, 5.74) is 5.29. The molecule has 0 aliphatic heterocycles. The van der Waals surface area contributed by atoms with Gasteiger partial charge in [0.05, 0.1) is 0 Å². The van der Waals surface area contributed by atoms with Crippen molar-refractivity contribution in [1.82, 2.24) is 0 Å². The van der Waals surface area contributed by atoms with Crippen LogP contribution in [0.15, 0.2) is 0 Å². The Morgan fingerprint density at radius 3 is 2.00 bits per heavy atom. The molecule has 0 radical (unpaired) electrons. The van der Waals surface area contributed by atoms with E-state index in [4.69, 9.17) is 5.73 Å². The molecule has 0 aromatic rings. The van der Waals surface area contributed by atoms with Crippen LogP contribution in [0.4, 0.5) is 0 Å². The Morgan fingerprint density at radius 2 is 1.89 bits per heavy atom. The number of ketones is 1. The molecule has 2 heteroatoms. The molecule has 2 nitrogen and oxygen atoms in total. The van der Waals surface area contributed by atoms with Gasteiger partial charge in [-0.05, 0) is 0 Å². The summed E-state index contributed by atoms with van der Waals surface area (Å²) >= 11 is 0. The lowest BCUT2D eigenvalue weighted by molar-refractivity contribution is -0.125. The minimum absolute atomic E-state index is 0.0324. The lowest BCUT2D eigenvalue weighted by atomic mass is 9.97. The molecule has 0 saturated heterocycles. The van der Waals surface area contributed by atoms with Crippen molar-refractivity contribution in [2.24, 2.45) is 17.6 Å². The van der Waals surface area contributed by atoms with Gasteiger partial charge in [-0.2, -0.15) is 0 Å². The first kappa shape index (κ1) is 8.63. The Labute approximate surface area is 56.4 Å². The van der Waals surface area contributed by atoms with Crippen LogP contribution in [0.2, 0.25) is 0 Å². The first-order valence-electron chi connectivity index (χ1n) is 3.33. The average molecular weight is 129 g/mol. The van der Waals surface area contributed by atoms with Crippen LogP contribution in [0.3, 0.4) is 0 Å². The largest absolute Gasteiger partial charge is 0.330 e. The zero-order chi connectivity index (χ0) is 7.44. The monoisotopic (exact) mass is 129 g/mol. The normalized spacial score (nSPS) is 13.9. The molecule has 0 unspecified atom stereocenters. The molecular weight excluding hydrogens is 114 g/mol. The van der Waals surface area contributed by atoms with Crippen molar-refractivity contribution in [2.45, 2.75) is 20.8 Å². The first-order chi connectivity index (χ1) is 4.09. The van der Waals surface area contributed by atoms with Crippen molar-refractivity contribution in [2.75, 3.05) is 6.54 Å². The summed E-state index contributed by atoms with van der Waals surface area (Å²) in [6.45, 7) is 6.13. The highest BCUT2D eigenvalue weighted by Crippen LogP contribution is 2.03. The highest BCUT2D eigenvalue weighted by molar-refractivity contribution is 5.82. The van der Waals surface area contributed by atoms with E-state index in [-0.39, 0.29) is 17.6 Å². The molecule has 0 amide bonds. The molecule has 0 aliphatic rings. The van der Waals surface area contributed by atoms with Gasteiger partial charge in [-0.25, -0.2) is 0 Å². The van der Waals surface area contributed by atoms with Gasteiger partial charge in [0.15, 0.2) is 0 Å². The van der Waals surface area contributed by atoms with E-state index in [0.717, 1.165) is 0 Å². The van der Waals surface area contributed by atoms with Crippen LogP contribution >= 0.6 is 0 Å². The molecule has 0 bridgehead atoms. The van der Waals surface area contributed by atoms with Crippen molar-refractivity contribution in [3.05, 3.63) is 0 Å². The van der Waals surface area contributed by atoms with Crippen LogP contribution in [0.5, 0.6) is 0 Å². The zero-order valence-electron chi connectivity index (χ0n) is 6.35. The smallest absolute Gasteiger partial charge is 0.139 e. The van der Waals surface area contributed by atoms with Crippen LogP contribution < -0.4 is 5.73 Å². The molecule has 0 saturated carbocycles. The number of rotatable bonds is 3. The van der Waals surface area contributed by atoms with E-state index in [2.05, 4.69) is 0 Å². The highest BCUT2D eigenvalue weighted by atomic mass is 16.1. The Kier molecular flexibility index (Phi) is 3.47. The lowest BCUT2D eigenvalue weighted by Crippen LogP contribution is -2.24. The summed E-state index contributed by atoms with van der Waals surface area (Å²) in [5.74, 6) is 0.422. The second kappa shape index (κ2) is 3.62. The number of Topliss-reactive ketones (excluding diaryl/α,β-unsaturated/α-hetero) is 1. The summed E-state index contributed by atoms with van der Waals surface area (Å²) < 4.78 is 0. The molecule has 0 aromatic heterocycles. The van der Waals surface area contributed by atoms with E-state index in [0.29, 0.717) is 6.54 Å². The zero-order valence-corrected chi connectivity index (χ0v) is 6.35. The van der Waals surface area contributed by atoms with Crippen LogP contribution in [-0.2, 0) is 4.79 Å². The number of hydrogen-bond acceptors (Lipinski definition) is 2. The third-order valence-corrected chi connectivity index (χ3v) is 1.41. The number of carbonyl (C=O) groups excluding carboxylic acids is 1. The van der Waals surface area contributed by atoms with E-state index in [1.807, 2.05) is 20.8 Å². The summed E-state index contributed by atoms with van der Waals surface area (Å²) in [6.07, 6.45) is 0. The van der Waals surface area contributed by atoms with E-state index >= 15 is 0 Å². The summed E-state index contributed by atoms with van der Waals surface area (Å²) in [4.78, 5) is 11.0. The van der Waals surface area contributed by atoms with Gasteiger partial charge in [-0.15, -0.1) is 0 Å². The molecule has 0 aromatic carbocycles. The molecular formula is C7H15NO. The summed E-state index contributed by atoms with van der Waals surface area (Å²) in [6, 6.07) is 0. The minimum Gasteiger partial charge on any atom is -0.330 e. The third-order valence-electron chi connectivity index (χ3n) is 1.41. The minimum atomic E-state index is 0.0324. The number of hydrogen-bond donors (Lipinski definition) is 1. The van der Waals surface area contributed by atoms with Gasteiger partial charge in [0.1, 0.15) is 5.78 Å². The molecule has 2 N–H and O–H groups in total. The van der Waals surface area contributed by atoms with Crippen molar-refractivity contribution in [3.63, 3.8) is 0 Å². The van der Waals surface area contributed by atoms with Gasteiger partial charge in [-0.3, -0.25) is 4.79 Å². The summed E-state index contributed by atoms with van der Waals surface area (Å²) in [5, 5.41) is 0. The second-order valence-electron chi connectivity index (χ2n) is 2.69. The number of carbonyl (C=O) groups is 1. The van der Waals surface area contributed by atoms with Crippen molar-refractivity contribution >= 4 is 5.78 Å². The van der Waals surface area contributed by atoms with Gasteiger partial charge < -0.3 is 5.73 Å². The highest BCUT2D eigenvalue weighted by Gasteiger charge is 2.13.